The number of alkyl halides is 1. The van der Waals surface area contributed by atoms with Crippen LogP contribution in [0.15, 0.2) is 0 Å². The summed E-state index contributed by atoms with van der Waals surface area (Å²) in [5, 5.41) is 8.34. The van der Waals surface area contributed by atoms with E-state index < -0.39 is 0 Å². The molecule has 2 rings (SSSR count). The Bertz CT molecular complexity index is 321. The van der Waals surface area contributed by atoms with Gasteiger partial charge in [0.25, 0.3) is 0 Å². The Balaban J connectivity index is 2.27. The second kappa shape index (κ2) is 3.89. The summed E-state index contributed by atoms with van der Waals surface area (Å²) in [6, 6.07) is 0. The summed E-state index contributed by atoms with van der Waals surface area (Å²) < 4.78 is 2.06. The van der Waals surface area contributed by atoms with Gasteiger partial charge in [0.05, 0.1) is 5.88 Å². The maximum Gasteiger partial charge on any atom is 0.147 e. The minimum absolute atomic E-state index is 0.449. The van der Waals surface area contributed by atoms with Gasteiger partial charge in [0.2, 0.25) is 0 Å². The second-order valence-electron chi connectivity index (χ2n) is 4.18. The molecule has 0 radical (unpaired) electrons. The summed E-state index contributed by atoms with van der Waals surface area (Å²) in [6.07, 6.45) is 3.87. The molecular weight excluding hydrogens is 198 g/mol. The molecule has 1 fully saturated rings. The first-order valence-electron chi connectivity index (χ1n) is 5.18. The van der Waals surface area contributed by atoms with Gasteiger partial charge in [-0.25, -0.2) is 0 Å². The molecule has 1 aromatic rings. The number of nitrogens with zero attached hydrogens (tertiary/aromatic N) is 3. The van der Waals surface area contributed by atoms with Gasteiger partial charge in [0, 0.05) is 13.0 Å². The normalized spacial score (nSPS) is 27.1. The molecule has 2 unspecified atom stereocenters. The van der Waals surface area contributed by atoms with E-state index in [9.17, 15) is 0 Å². The number of rotatable bonds is 2. The van der Waals surface area contributed by atoms with Crippen molar-refractivity contribution in [3.8, 4) is 0 Å². The van der Waals surface area contributed by atoms with Crippen molar-refractivity contribution in [2.24, 2.45) is 13.0 Å². The molecule has 78 valence electrons. The Morgan fingerprint density at radius 3 is 2.71 bits per heavy atom. The number of halogens is 1. The van der Waals surface area contributed by atoms with Crippen LogP contribution in [-0.4, -0.2) is 14.8 Å². The van der Waals surface area contributed by atoms with Gasteiger partial charge in [-0.05, 0) is 18.8 Å². The predicted molar refractivity (Wildman–Crippen MR) is 56.3 cm³/mol. The number of aromatic nitrogens is 3. The van der Waals surface area contributed by atoms with E-state index >= 15 is 0 Å². The van der Waals surface area contributed by atoms with Crippen molar-refractivity contribution in [3.05, 3.63) is 11.6 Å². The third-order valence-electron chi connectivity index (χ3n) is 3.31. The van der Waals surface area contributed by atoms with Gasteiger partial charge < -0.3 is 4.57 Å². The third-order valence-corrected chi connectivity index (χ3v) is 3.55. The van der Waals surface area contributed by atoms with Gasteiger partial charge in [-0.3, -0.25) is 0 Å². The maximum atomic E-state index is 5.77. The molecule has 0 N–H and O–H groups in total. The maximum absolute atomic E-state index is 5.77. The minimum Gasteiger partial charge on any atom is -0.317 e. The van der Waals surface area contributed by atoms with Gasteiger partial charge in [0.1, 0.15) is 11.6 Å². The summed E-state index contributed by atoms with van der Waals surface area (Å²) in [4.78, 5) is 0. The van der Waals surface area contributed by atoms with E-state index in [1.807, 2.05) is 7.05 Å². The van der Waals surface area contributed by atoms with Crippen LogP contribution in [0.25, 0.3) is 0 Å². The molecule has 1 heterocycles. The van der Waals surface area contributed by atoms with Crippen LogP contribution in [0.5, 0.6) is 0 Å². The van der Waals surface area contributed by atoms with Gasteiger partial charge in [0.15, 0.2) is 0 Å². The molecule has 4 heteroatoms. The van der Waals surface area contributed by atoms with Crippen LogP contribution in [0.4, 0.5) is 0 Å². The summed E-state index contributed by atoms with van der Waals surface area (Å²) in [5.41, 5.74) is 0. The topological polar surface area (TPSA) is 30.7 Å². The molecule has 0 aromatic carbocycles. The molecular formula is C10H16ClN3. The van der Waals surface area contributed by atoms with Crippen molar-refractivity contribution in [1.29, 1.82) is 0 Å². The van der Waals surface area contributed by atoms with Gasteiger partial charge in [-0.15, -0.1) is 21.8 Å². The van der Waals surface area contributed by atoms with E-state index in [0.717, 1.165) is 17.6 Å². The predicted octanol–water partition coefficient (Wildman–Crippen LogP) is 2.46. The fourth-order valence-electron chi connectivity index (χ4n) is 2.34. The smallest absolute Gasteiger partial charge is 0.147 e. The van der Waals surface area contributed by atoms with Crippen LogP contribution in [-0.2, 0) is 12.9 Å². The third kappa shape index (κ3) is 1.54. The van der Waals surface area contributed by atoms with Crippen LogP contribution >= 0.6 is 11.6 Å². The summed E-state index contributed by atoms with van der Waals surface area (Å²) >= 11 is 5.77. The first-order chi connectivity index (χ1) is 6.74. The van der Waals surface area contributed by atoms with Crippen molar-refractivity contribution in [3.63, 3.8) is 0 Å². The highest BCUT2D eigenvalue weighted by atomic mass is 35.5. The van der Waals surface area contributed by atoms with Crippen molar-refractivity contribution < 1.29 is 0 Å². The van der Waals surface area contributed by atoms with Gasteiger partial charge >= 0.3 is 0 Å². The highest BCUT2D eigenvalue weighted by Crippen LogP contribution is 2.38. The molecule has 3 nitrogen and oxygen atoms in total. The van der Waals surface area contributed by atoms with E-state index in [4.69, 9.17) is 11.6 Å². The monoisotopic (exact) mass is 213 g/mol. The highest BCUT2D eigenvalue weighted by molar-refractivity contribution is 6.16. The average molecular weight is 214 g/mol. The van der Waals surface area contributed by atoms with Crippen molar-refractivity contribution in [2.45, 2.75) is 38.0 Å². The van der Waals surface area contributed by atoms with E-state index in [0.29, 0.717) is 11.8 Å². The molecule has 1 aromatic heterocycles. The SMILES string of the molecule is CC1CCCC1c1nnc(CCl)n1C. The number of hydrogen-bond acceptors (Lipinski definition) is 2. The van der Waals surface area contributed by atoms with Crippen LogP contribution in [0.3, 0.4) is 0 Å². The molecule has 1 saturated carbocycles. The fourth-order valence-corrected chi connectivity index (χ4v) is 2.58. The molecule has 0 bridgehead atoms. The summed E-state index contributed by atoms with van der Waals surface area (Å²) in [7, 11) is 2.01. The van der Waals surface area contributed by atoms with Crippen molar-refractivity contribution in [2.75, 3.05) is 0 Å². The largest absolute Gasteiger partial charge is 0.317 e. The van der Waals surface area contributed by atoms with Crippen LogP contribution in [0.1, 0.15) is 43.8 Å². The minimum atomic E-state index is 0.449. The molecule has 2 atom stereocenters. The molecule has 14 heavy (non-hydrogen) atoms. The Morgan fingerprint density at radius 2 is 2.21 bits per heavy atom. The Morgan fingerprint density at radius 1 is 1.43 bits per heavy atom. The zero-order valence-electron chi connectivity index (χ0n) is 8.70. The van der Waals surface area contributed by atoms with E-state index in [1.165, 1.54) is 19.3 Å². The van der Waals surface area contributed by atoms with Gasteiger partial charge in [-0.1, -0.05) is 13.3 Å². The standard InChI is InChI=1S/C10H16ClN3/c1-7-4-3-5-8(7)10-13-12-9(6-11)14(10)2/h7-8H,3-6H2,1-2H3. The molecule has 0 aliphatic heterocycles. The zero-order valence-corrected chi connectivity index (χ0v) is 9.46. The number of hydrogen-bond donors (Lipinski definition) is 0. The van der Waals surface area contributed by atoms with E-state index in [2.05, 4.69) is 21.7 Å². The van der Waals surface area contributed by atoms with Gasteiger partial charge in [-0.2, -0.15) is 0 Å². The Hall–Kier alpha value is -0.570. The Kier molecular flexibility index (Phi) is 2.77. The van der Waals surface area contributed by atoms with E-state index in [1.54, 1.807) is 0 Å². The average Bonchev–Trinajstić information content (AvgIpc) is 2.72. The van der Waals surface area contributed by atoms with E-state index in [-0.39, 0.29) is 0 Å². The summed E-state index contributed by atoms with van der Waals surface area (Å²) in [6.45, 7) is 2.30. The van der Waals surface area contributed by atoms with Crippen LogP contribution in [0, 0.1) is 5.92 Å². The first kappa shape index (κ1) is 9.97. The van der Waals surface area contributed by atoms with Crippen LogP contribution < -0.4 is 0 Å². The molecule has 0 saturated heterocycles. The molecule has 0 spiro atoms. The quantitative estimate of drug-likeness (QED) is 0.707. The van der Waals surface area contributed by atoms with Crippen LogP contribution in [0.2, 0.25) is 0 Å². The fraction of sp³-hybridized carbons (Fsp3) is 0.800. The zero-order chi connectivity index (χ0) is 10.1. The Labute approximate surface area is 89.5 Å². The molecule has 1 aliphatic carbocycles. The molecule has 1 aliphatic rings. The second-order valence-corrected chi connectivity index (χ2v) is 4.45. The first-order valence-corrected chi connectivity index (χ1v) is 5.71. The van der Waals surface area contributed by atoms with Crippen molar-refractivity contribution in [1.82, 2.24) is 14.8 Å². The lowest BCUT2D eigenvalue weighted by molar-refractivity contribution is 0.494. The van der Waals surface area contributed by atoms with Crippen molar-refractivity contribution >= 4 is 11.6 Å². The lowest BCUT2D eigenvalue weighted by Gasteiger charge is -2.14. The lowest BCUT2D eigenvalue weighted by Crippen LogP contribution is -2.09. The molecule has 0 amide bonds. The highest BCUT2D eigenvalue weighted by Gasteiger charge is 2.29. The summed E-state index contributed by atoms with van der Waals surface area (Å²) in [5.74, 6) is 3.77. The lowest BCUT2D eigenvalue weighted by atomic mass is 9.97.